The number of nitrogens with one attached hydrogen (secondary N) is 2. The minimum absolute atomic E-state index is 0.114. The molecule has 0 unspecified atom stereocenters. The summed E-state index contributed by atoms with van der Waals surface area (Å²) in [6.07, 6.45) is 5.66. The number of hydrogen-bond acceptors (Lipinski definition) is 7. The van der Waals surface area contributed by atoms with Crippen molar-refractivity contribution in [1.29, 1.82) is 0 Å². The fraction of sp³-hybridized carbons (Fsp3) is 0.391. The second-order valence-electron chi connectivity index (χ2n) is 9.04. The van der Waals surface area contributed by atoms with Gasteiger partial charge >= 0.3 is 0 Å². The number of imidazole rings is 1. The molecule has 3 aromatic heterocycles. The maximum Gasteiger partial charge on any atom is 0.259 e. The summed E-state index contributed by atoms with van der Waals surface area (Å²) in [6.45, 7) is 8.00. The molecule has 2 aliphatic rings. The van der Waals surface area contributed by atoms with Crippen LogP contribution >= 0.6 is 0 Å². The van der Waals surface area contributed by atoms with Gasteiger partial charge in [0.25, 0.3) is 5.91 Å². The van der Waals surface area contributed by atoms with Crippen LogP contribution in [-0.4, -0.2) is 68.4 Å². The van der Waals surface area contributed by atoms with Crippen LogP contribution in [0.15, 0.2) is 30.7 Å². The number of fused-ring (bicyclic) bond motifs is 2. The average Bonchev–Trinajstić information content (AvgIpc) is 3.34. The molecule has 10 nitrogen and oxygen atoms in total. The van der Waals surface area contributed by atoms with Gasteiger partial charge in [0.2, 0.25) is 0 Å². The van der Waals surface area contributed by atoms with E-state index in [-0.39, 0.29) is 11.5 Å². The van der Waals surface area contributed by atoms with Gasteiger partial charge < -0.3 is 24.7 Å². The summed E-state index contributed by atoms with van der Waals surface area (Å²) in [6, 6.07) is 3.85. The van der Waals surface area contributed by atoms with Crippen molar-refractivity contribution in [2.45, 2.75) is 19.4 Å². The molecule has 0 atom stereocenters. The van der Waals surface area contributed by atoms with E-state index in [1.165, 1.54) is 0 Å². The van der Waals surface area contributed by atoms with Gasteiger partial charge in [0.1, 0.15) is 11.1 Å². The van der Waals surface area contributed by atoms with Crippen LogP contribution in [0.25, 0.3) is 16.6 Å². The number of morpholine rings is 1. The Morgan fingerprint density at radius 2 is 2.03 bits per heavy atom. The van der Waals surface area contributed by atoms with Crippen LogP contribution in [0.1, 0.15) is 21.7 Å². The van der Waals surface area contributed by atoms with Crippen LogP contribution in [0, 0.1) is 13.8 Å². The number of anilines is 2. The molecular weight excluding hydrogens is 420 g/mol. The number of aryl methyl sites for hydroxylation is 3. The quantitative estimate of drug-likeness (QED) is 0.494. The third-order valence-corrected chi connectivity index (χ3v) is 6.41. The maximum absolute atomic E-state index is 13.2. The highest BCUT2D eigenvalue weighted by molar-refractivity contribution is 6.13. The summed E-state index contributed by atoms with van der Waals surface area (Å²) < 4.78 is 9.67. The summed E-state index contributed by atoms with van der Waals surface area (Å²) in [5.74, 6) is 0.242. The minimum Gasteiger partial charge on any atom is -0.369 e. The van der Waals surface area contributed by atoms with E-state index in [0.717, 1.165) is 60.9 Å². The van der Waals surface area contributed by atoms with Crippen molar-refractivity contribution in [1.82, 2.24) is 29.5 Å². The molecule has 0 radical (unpaired) electrons. The Labute approximate surface area is 190 Å². The van der Waals surface area contributed by atoms with Crippen LogP contribution < -0.4 is 15.5 Å². The Kier molecular flexibility index (Phi) is 4.43. The molecule has 1 amide bonds. The molecule has 2 fully saturated rings. The normalized spacial score (nSPS) is 17.6. The summed E-state index contributed by atoms with van der Waals surface area (Å²) >= 11 is 0. The fourth-order valence-corrected chi connectivity index (χ4v) is 4.94. The summed E-state index contributed by atoms with van der Waals surface area (Å²) in [5.41, 5.74) is 4.58. The zero-order valence-corrected chi connectivity index (χ0v) is 18.9. The monoisotopic (exact) mass is 446 g/mol. The Morgan fingerprint density at radius 1 is 1.18 bits per heavy atom. The van der Waals surface area contributed by atoms with Crippen molar-refractivity contribution < 1.29 is 9.53 Å². The molecule has 0 bridgehead atoms. The molecule has 4 aromatic rings. The lowest BCUT2D eigenvalue weighted by atomic mass is 9.91. The zero-order valence-electron chi connectivity index (χ0n) is 18.9. The Bertz CT molecular complexity index is 1390. The molecule has 6 rings (SSSR count). The topological polar surface area (TPSA) is 102 Å². The first-order valence-electron chi connectivity index (χ1n) is 11.1. The smallest absolute Gasteiger partial charge is 0.259 e. The van der Waals surface area contributed by atoms with Crippen LogP contribution in [0.3, 0.4) is 0 Å². The highest BCUT2D eigenvalue weighted by atomic mass is 16.5. The van der Waals surface area contributed by atoms with E-state index in [4.69, 9.17) is 4.74 Å². The van der Waals surface area contributed by atoms with E-state index in [1.807, 2.05) is 49.8 Å². The van der Waals surface area contributed by atoms with E-state index in [9.17, 15) is 4.79 Å². The van der Waals surface area contributed by atoms with Crippen LogP contribution in [0.4, 0.5) is 11.5 Å². The lowest BCUT2D eigenvalue weighted by molar-refractivity contribution is -0.0827. The number of carbonyl (C=O) groups excluding carboxylic acids is 1. The number of benzene rings is 1. The first-order valence-corrected chi connectivity index (χ1v) is 11.1. The number of hydrogen-bond donors (Lipinski definition) is 2. The SMILES string of the molecule is Cc1cn2cc(NC(=O)c3ccc(N4CC5(CNCCO5)C4)c4cn(C)nc34)nc2c(C)n1. The first-order chi connectivity index (χ1) is 15.9. The number of carbonyl (C=O) groups is 1. The molecule has 2 saturated heterocycles. The van der Waals surface area contributed by atoms with E-state index < -0.39 is 0 Å². The van der Waals surface area contributed by atoms with Gasteiger partial charge in [0.15, 0.2) is 11.5 Å². The Hall–Kier alpha value is -3.50. The van der Waals surface area contributed by atoms with Gasteiger partial charge in [-0.2, -0.15) is 5.10 Å². The van der Waals surface area contributed by atoms with Crippen LogP contribution in [-0.2, 0) is 11.8 Å². The molecule has 1 aromatic carbocycles. The highest BCUT2D eigenvalue weighted by Crippen LogP contribution is 2.36. The number of rotatable bonds is 3. The third kappa shape index (κ3) is 3.33. The molecule has 2 N–H and O–H groups in total. The minimum atomic E-state index is -0.240. The molecule has 0 aliphatic carbocycles. The van der Waals surface area contributed by atoms with E-state index in [0.29, 0.717) is 16.9 Å². The second-order valence-corrected chi connectivity index (χ2v) is 9.04. The zero-order chi connectivity index (χ0) is 22.7. The van der Waals surface area contributed by atoms with Gasteiger partial charge in [-0.1, -0.05) is 0 Å². The lowest BCUT2D eigenvalue weighted by Gasteiger charge is -2.52. The molecule has 10 heteroatoms. The van der Waals surface area contributed by atoms with Crippen molar-refractivity contribution in [3.05, 3.63) is 47.7 Å². The predicted molar refractivity (Wildman–Crippen MR) is 125 cm³/mol. The largest absolute Gasteiger partial charge is 0.369 e. The van der Waals surface area contributed by atoms with Gasteiger partial charge in [-0.3, -0.25) is 14.5 Å². The summed E-state index contributed by atoms with van der Waals surface area (Å²) in [5, 5.41) is 11.9. The van der Waals surface area contributed by atoms with Gasteiger partial charge in [-0.15, -0.1) is 0 Å². The standard InChI is InChI=1S/C23H26N8O2/c1-14-8-30-10-19(26-21(30)15(2)25-14)27-22(32)16-4-5-18(17-9-29(3)28-20(16)17)31-12-23(13-31)11-24-6-7-33-23/h4-5,8-10,24H,6-7,11-13H2,1-3H3,(H,27,32). The van der Waals surface area contributed by atoms with Crippen molar-refractivity contribution in [3.8, 4) is 0 Å². The molecular formula is C23H26N8O2. The van der Waals surface area contributed by atoms with Crippen molar-refractivity contribution >= 4 is 34.0 Å². The molecule has 170 valence electrons. The Balaban J connectivity index is 1.29. The Morgan fingerprint density at radius 3 is 2.82 bits per heavy atom. The molecule has 1 spiro atoms. The number of amides is 1. The van der Waals surface area contributed by atoms with Gasteiger partial charge in [0.05, 0.1) is 42.8 Å². The van der Waals surface area contributed by atoms with E-state index >= 15 is 0 Å². The van der Waals surface area contributed by atoms with Gasteiger partial charge in [0, 0.05) is 43.6 Å². The lowest BCUT2D eigenvalue weighted by Crippen LogP contribution is -2.70. The molecule has 0 saturated carbocycles. The van der Waals surface area contributed by atoms with E-state index in [2.05, 4.69) is 30.6 Å². The third-order valence-electron chi connectivity index (χ3n) is 6.41. The van der Waals surface area contributed by atoms with Crippen LogP contribution in [0.2, 0.25) is 0 Å². The molecule has 5 heterocycles. The van der Waals surface area contributed by atoms with Crippen LogP contribution in [0.5, 0.6) is 0 Å². The number of aromatic nitrogens is 5. The fourth-order valence-electron chi connectivity index (χ4n) is 4.94. The number of nitrogens with zero attached hydrogens (tertiary/aromatic N) is 6. The summed E-state index contributed by atoms with van der Waals surface area (Å²) in [7, 11) is 1.87. The highest BCUT2D eigenvalue weighted by Gasteiger charge is 2.45. The van der Waals surface area contributed by atoms with Gasteiger partial charge in [-0.25, -0.2) is 4.98 Å². The first kappa shape index (κ1) is 20.1. The van der Waals surface area contributed by atoms with Gasteiger partial charge in [-0.05, 0) is 26.0 Å². The maximum atomic E-state index is 13.2. The predicted octanol–water partition coefficient (Wildman–Crippen LogP) is 1.66. The average molecular weight is 447 g/mol. The van der Waals surface area contributed by atoms with Crippen molar-refractivity contribution in [3.63, 3.8) is 0 Å². The van der Waals surface area contributed by atoms with Crippen molar-refractivity contribution in [2.75, 3.05) is 43.0 Å². The van der Waals surface area contributed by atoms with Crippen molar-refractivity contribution in [2.24, 2.45) is 7.05 Å². The molecule has 33 heavy (non-hydrogen) atoms. The molecule has 2 aliphatic heterocycles. The number of ether oxygens (including phenoxy) is 1. The summed E-state index contributed by atoms with van der Waals surface area (Å²) in [4.78, 5) is 24.5. The van der Waals surface area contributed by atoms with E-state index in [1.54, 1.807) is 10.9 Å². The second kappa shape index (κ2) is 7.26.